The first-order chi connectivity index (χ1) is 20.2. The van der Waals surface area contributed by atoms with Gasteiger partial charge in [0.15, 0.2) is 33.9 Å². The van der Waals surface area contributed by atoms with Gasteiger partial charge in [0, 0.05) is 27.5 Å². The Labute approximate surface area is 275 Å². The Morgan fingerprint density at radius 3 is 2.09 bits per heavy atom. The fraction of sp³-hybridized carbons (Fsp3) is 0.559. The maximum atomic E-state index is 14.2. The zero-order valence-electron chi connectivity index (χ0n) is 27.8. The molecule has 0 saturated carbocycles. The average molecular weight is 739 g/mol. The zero-order chi connectivity index (χ0) is 32.0. The molecule has 3 rings (SSSR count). The van der Waals surface area contributed by atoms with Gasteiger partial charge in [0.25, 0.3) is 0 Å². The van der Waals surface area contributed by atoms with E-state index in [1.165, 1.54) is 0 Å². The second-order valence-electron chi connectivity index (χ2n) is 12.9. The molecule has 238 valence electrons. The molecule has 0 fully saturated rings. The topological polar surface area (TPSA) is 63.2 Å². The molecule has 0 spiro atoms. The highest BCUT2D eigenvalue weighted by Gasteiger charge is 2.44. The zero-order valence-corrected chi connectivity index (χ0v) is 31.9. The first kappa shape index (κ1) is 35.8. The van der Waals surface area contributed by atoms with Crippen LogP contribution < -0.4 is 14.2 Å². The smallest absolute Gasteiger partial charge is 0.203 e. The summed E-state index contributed by atoms with van der Waals surface area (Å²) >= 11 is 2.26. The van der Waals surface area contributed by atoms with E-state index in [-0.39, 0.29) is 29.5 Å². The summed E-state index contributed by atoms with van der Waals surface area (Å²) < 4.78 is 32.5. The van der Waals surface area contributed by atoms with Gasteiger partial charge in [-0.3, -0.25) is 4.79 Å². The number of Topliss-reactive ketones (excluding diaryl/α,β-unsaturated/α-hetero) is 1. The van der Waals surface area contributed by atoms with Crippen molar-refractivity contribution in [2.75, 3.05) is 14.2 Å². The molecule has 2 aromatic rings. The number of carbonyl (C=O) groups excluding carboxylic acids is 1. The van der Waals surface area contributed by atoms with Crippen LogP contribution in [0.3, 0.4) is 0 Å². The second kappa shape index (κ2) is 15.1. The van der Waals surface area contributed by atoms with Crippen molar-refractivity contribution in [3.05, 3.63) is 62.7 Å². The summed E-state index contributed by atoms with van der Waals surface area (Å²) in [6, 6.07) is 15.1. The van der Waals surface area contributed by atoms with E-state index in [0.29, 0.717) is 30.3 Å². The molecule has 1 aliphatic carbocycles. The first-order valence-electron chi connectivity index (χ1n) is 15.4. The van der Waals surface area contributed by atoms with Gasteiger partial charge in [0.1, 0.15) is 6.61 Å². The van der Waals surface area contributed by atoms with Crippen molar-refractivity contribution in [3.63, 3.8) is 0 Å². The second-order valence-corrected chi connectivity index (χ2v) is 23.5. The quantitative estimate of drug-likeness (QED) is 0.134. The van der Waals surface area contributed by atoms with Gasteiger partial charge in [-0.05, 0) is 76.6 Å². The molecule has 6 nitrogen and oxygen atoms in total. The molecule has 1 aliphatic rings. The highest BCUT2D eigenvalue weighted by Crippen LogP contribution is 2.45. The number of ketones is 1. The highest BCUT2D eigenvalue weighted by molar-refractivity contribution is 14.1. The molecular formula is C34H51IO6Si2. The van der Waals surface area contributed by atoms with E-state index in [9.17, 15) is 4.79 Å². The Kier molecular flexibility index (Phi) is 12.6. The average Bonchev–Trinajstić information content (AvgIpc) is 3.36. The van der Waals surface area contributed by atoms with E-state index < -0.39 is 16.6 Å². The van der Waals surface area contributed by atoms with Gasteiger partial charge in [0.2, 0.25) is 5.75 Å². The van der Waals surface area contributed by atoms with Crippen LogP contribution in [0.1, 0.15) is 59.1 Å². The van der Waals surface area contributed by atoms with Gasteiger partial charge in [-0.25, -0.2) is 0 Å². The van der Waals surface area contributed by atoms with E-state index in [1.807, 2.05) is 36.4 Å². The SMILES string of the molecule is CC[Si](CC)(CC)OC1C=C(C(=O)Cc2c(I)cc(OCc3ccccc3)c(OC)c2OC)C(O[Si](C)(C)C(C)(C)C)C1. The van der Waals surface area contributed by atoms with E-state index in [2.05, 4.69) is 83.3 Å². The molecule has 0 saturated heterocycles. The van der Waals surface area contributed by atoms with Crippen LogP contribution in [0.4, 0.5) is 0 Å². The maximum Gasteiger partial charge on any atom is 0.203 e. The maximum absolute atomic E-state index is 14.2. The van der Waals surface area contributed by atoms with Gasteiger partial charge in [-0.1, -0.05) is 71.9 Å². The van der Waals surface area contributed by atoms with Crippen LogP contribution in [0, 0.1) is 3.57 Å². The first-order valence-corrected chi connectivity index (χ1v) is 22.0. The molecule has 9 heteroatoms. The molecule has 0 heterocycles. The lowest BCUT2D eigenvalue weighted by molar-refractivity contribution is -0.115. The summed E-state index contributed by atoms with van der Waals surface area (Å²) in [5.74, 6) is 1.62. The van der Waals surface area contributed by atoms with E-state index >= 15 is 0 Å². The third-order valence-corrected chi connectivity index (χ3v) is 19.4. The Morgan fingerprint density at radius 1 is 0.953 bits per heavy atom. The number of methoxy groups -OCH3 is 2. The monoisotopic (exact) mass is 738 g/mol. The Balaban J connectivity index is 1.95. The Morgan fingerprint density at radius 2 is 1.56 bits per heavy atom. The van der Waals surface area contributed by atoms with Crippen LogP contribution in [0.2, 0.25) is 36.3 Å². The van der Waals surface area contributed by atoms with Crippen molar-refractivity contribution < 1.29 is 27.9 Å². The molecule has 0 aliphatic heterocycles. The summed E-state index contributed by atoms with van der Waals surface area (Å²) in [4.78, 5) is 14.2. The number of hydrogen-bond acceptors (Lipinski definition) is 6. The molecule has 43 heavy (non-hydrogen) atoms. The third-order valence-electron chi connectivity index (χ3n) is 9.29. The molecule has 2 aromatic carbocycles. The fourth-order valence-electron chi connectivity index (χ4n) is 5.34. The molecule has 0 aromatic heterocycles. The van der Waals surface area contributed by atoms with Crippen molar-refractivity contribution in [1.82, 2.24) is 0 Å². The predicted molar refractivity (Wildman–Crippen MR) is 189 cm³/mol. The molecule has 0 bridgehead atoms. The minimum Gasteiger partial charge on any atom is -0.492 e. The molecule has 2 unspecified atom stereocenters. The normalized spacial score (nSPS) is 17.5. The molecular weight excluding hydrogens is 687 g/mol. The van der Waals surface area contributed by atoms with Crippen molar-refractivity contribution in [3.8, 4) is 17.2 Å². The molecule has 0 amide bonds. The minimum absolute atomic E-state index is 0.0242. The third kappa shape index (κ3) is 8.53. The highest BCUT2D eigenvalue weighted by atomic mass is 127. The molecule has 0 radical (unpaired) electrons. The summed E-state index contributed by atoms with van der Waals surface area (Å²) in [7, 11) is -0.818. The lowest BCUT2D eigenvalue weighted by atomic mass is 10.00. The van der Waals surface area contributed by atoms with E-state index in [1.54, 1.807) is 14.2 Å². The summed E-state index contributed by atoms with van der Waals surface area (Å²) in [6.45, 7) is 18.3. The largest absolute Gasteiger partial charge is 0.492 e. The van der Waals surface area contributed by atoms with Crippen LogP contribution in [0.5, 0.6) is 17.2 Å². The van der Waals surface area contributed by atoms with Gasteiger partial charge in [-0.2, -0.15) is 0 Å². The summed E-state index contributed by atoms with van der Waals surface area (Å²) in [6.07, 6.45) is 2.53. The number of halogens is 1. The van der Waals surface area contributed by atoms with Crippen LogP contribution >= 0.6 is 22.6 Å². The van der Waals surface area contributed by atoms with Gasteiger partial charge in [-0.15, -0.1) is 0 Å². The molecule has 0 N–H and O–H groups in total. The van der Waals surface area contributed by atoms with Gasteiger partial charge < -0.3 is 23.1 Å². The summed E-state index contributed by atoms with van der Waals surface area (Å²) in [5, 5.41) is 0.0242. The summed E-state index contributed by atoms with van der Waals surface area (Å²) in [5.41, 5.74) is 2.56. The van der Waals surface area contributed by atoms with Crippen LogP contribution in [-0.2, 0) is 26.7 Å². The Hall–Kier alpha value is -1.67. The number of rotatable bonds is 15. The van der Waals surface area contributed by atoms with E-state index in [0.717, 1.165) is 38.4 Å². The predicted octanol–water partition coefficient (Wildman–Crippen LogP) is 9.11. The number of carbonyl (C=O) groups is 1. The minimum atomic E-state index is -2.15. The number of benzene rings is 2. The number of hydrogen-bond donors (Lipinski definition) is 0. The van der Waals surface area contributed by atoms with Crippen LogP contribution in [-0.4, -0.2) is 48.8 Å². The number of ether oxygens (including phenoxy) is 3. The van der Waals surface area contributed by atoms with Crippen LogP contribution in [0.15, 0.2) is 48.0 Å². The molecule has 2 atom stereocenters. The van der Waals surface area contributed by atoms with Gasteiger partial charge >= 0.3 is 0 Å². The van der Waals surface area contributed by atoms with E-state index in [4.69, 9.17) is 23.1 Å². The van der Waals surface area contributed by atoms with Gasteiger partial charge in [0.05, 0.1) is 26.4 Å². The lowest BCUT2D eigenvalue weighted by Gasteiger charge is -2.39. The fourth-order valence-corrected chi connectivity index (χ4v) is 10.2. The van der Waals surface area contributed by atoms with Crippen molar-refractivity contribution in [2.45, 2.75) is 109 Å². The Bertz CT molecular complexity index is 1260. The van der Waals surface area contributed by atoms with Crippen molar-refractivity contribution >= 4 is 45.0 Å². The van der Waals surface area contributed by atoms with Crippen molar-refractivity contribution in [2.24, 2.45) is 0 Å². The van der Waals surface area contributed by atoms with Crippen LogP contribution in [0.25, 0.3) is 0 Å². The standard InChI is InChI=1S/C34H51IO6Si2/c1-11-43(12-2,13-3)40-25-19-27(30(20-25)41-42(9,10)34(4,5)6)29(36)21-26-28(35)22-31(33(38-8)32(26)37-7)39-23-24-17-15-14-16-18-24/h14-19,22,25,30H,11-13,20-21,23H2,1-10H3. The van der Waals surface area contributed by atoms with Crippen molar-refractivity contribution in [1.29, 1.82) is 0 Å². The lowest BCUT2D eigenvalue weighted by Crippen LogP contribution is -2.45.